The predicted molar refractivity (Wildman–Crippen MR) is 156 cm³/mol. The van der Waals surface area contributed by atoms with E-state index in [-0.39, 0.29) is 28.9 Å². The Kier molecular flexibility index (Phi) is 6.57. The van der Waals surface area contributed by atoms with Crippen molar-refractivity contribution in [2.75, 3.05) is 6.54 Å². The Morgan fingerprint density at radius 1 is 0.923 bits per heavy atom. The second-order valence-corrected chi connectivity index (χ2v) is 14.2. The van der Waals surface area contributed by atoms with Gasteiger partial charge < -0.3 is 19.5 Å². The number of benzene rings is 2. The van der Waals surface area contributed by atoms with Crippen molar-refractivity contribution in [3.63, 3.8) is 0 Å². The van der Waals surface area contributed by atoms with Gasteiger partial charge in [-0.2, -0.15) is 0 Å². The molecule has 2 N–H and O–H groups in total. The highest BCUT2D eigenvalue weighted by molar-refractivity contribution is 7.12. The standard InChI is InChI=1S/C32H38N2O4S/c1-17-22-15-37-27-11-20-13-34(30(33)21(20)12-28(27)38-16-23(22)18(2)39-17)14-26(35)19-9-24(31(3,4)5)29(36)25(10-19)32(6,7)8/h9-12,33,36H,13-16H2,1-8H3. The lowest BCUT2D eigenvalue weighted by Crippen LogP contribution is -2.30. The Morgan fingerprint density at radius 3 is 1.95 bits per heavy atom. The number of phenolic OH excluding ortho intramolecular Hbond substituents is 1. The average Bonchev–Trinajstić information content (AvgIpc) is 3.25. The largest absolute Gasteiger partial charge is 0.507 e. The van der Waals surface area contributed by atoms with Crippen LogP contribution in [0.5, 0.6) is 17.2 Å². The number of hydrogen-bond donors (Lipinski definition) is 2. The fourth-order valence-electron chi connectivity index (χ4n) is 5.43. The number of ketones is 1. The number of carbonyl (C=O) groups excluding carboxylic acids is 1. The molecule has 0 fully saturated rings. The lowest BCUT2D eigenvalue weighted by atomic mass is 9.78. The molecule has 0 saturated heterocycles. The first-order valence-electron chi connectivity index (χ1n) is 13.4. The number of carbonyl (C=O) groups is 1. The molecule has 7 heteroatoms. The molecule has 0 radical (unpaired) electrons. The van der Waals surface area contributed by atoms with Gasteiger partial charge in [0.1, 0.15) is 24.8 Å². The molecule has 39 heavy (non-hydrogen) atoms. The van der Waals surface area contributed by atoms with Crippen LogP contribution in [0.4, 0.5) is 0 Å². The molecule has 1 aromatic heterocycles. The predicted octanol–water partition coefficient (Wildman–Crippen LogP) is 7.16. The van der Waals surface area contributed by atoms with E-state index in [2.05, 4.69) is 13.8 Å². The quantitative estimate of drug-likeness (QED) is 0.341. The summed E-state index contributed by atoms with van der Waals surface area (Å²) in [7, 11) is 0. The summed E-state index contributed by atoms with van der Waals surface area (Å²) in [5, 5.41) is 19.9. The second kappa shape index (κ2) is 9.40. The number of amidine groups is 1. The van der Waals surface area contributed by atoms with E-state index < -0.39 is 0 Å². The molecule has 0 bridgehead atoms. The summed E-state index contributed by atoms with van der Waals surface area (Å²) >= 11 is 1.77. The Morgan fingerprint density at radius 2 is 1.44 bits per heavy atom. The number of aromatic hydroxyl groups is 1. The van der Waals surface area contributed by atoms with Gasteiger partial charge in [0.2, 0.25) is 0 Å². The molecule has 0 amide bonds. The van der Waals surface area contributed by atoms with E-state index in [1.54, 1.807) is 16.2 Å². The SMILES string of the molecule is Cc1sc(C)c2c1COc1cc3c(cc1OC2)C(=N)N(CC(=O)c1cc(C(C)(C)C)c(O)c(C(C)(C)C)c1)C3. The summed E-state index contributed by atoms with van der Waals surface area (Å²) < 4.78 is 12.4. The highest BCUT2D eigenvalue weighted by Gasteiger charge is 2.32. The zero-order chi connectivity index (χ0) is 28.4. The first kappa shape index (κ1) is 27.3. The smallest absolute Gasteiger partial charge is 0.182 e. The molecule has 2 aliphatic heterocycles. The van der Waals surface area contributed by atoms with Gasteiger partial charge in [0, 0.05) is 49.7 Å². The van der Waals surface area contributed by atoms with Crippen LogP contribution in [0.2, 0.25) is 0 Å². The molecule has 2 aliphatic rings. The van der Waals surface area contributed by atoms with E-state index in [1.165, 1.54) is 20.9 Å². The van der Waals surface area contributed by atoms with Crippen molar-refractivity contribution >= 4 is 23.0 Å². The summed E-state index contributed by atoms with van der Waals surface area (Å²) in [5.41, 5.74) is 5.51. The maximum Gasteiger partial charge on any atom is 0.182 e. The molecule has 3 heterocycles. The summed E-state index contributed by atoms with van der Waals surface area (Å²) in [4.78, 5) is 17.9. The lowest BCUT2D eigenvalue weighted by molar-refractivity contribution is 0.0962. The average molecular weight is 547 g/mol. The zero-order valence-corrected chi connectivity index (χ0v) is 25.0. The van der Waals surface area contributed by atoms with E-state index in [4.69, 9.17) is 14.9 Å². The van der Waals surface area contributed by atoms with Crippen molar-refractivity contribution < 1.29 is 19.4 Å². The number of ether oxygens (including phenoxy) is 2. The zero-order valence-electron chi connectivity index (χ0n) is 24.2. The number of aryl methyl sites for hydroxylation is 2. The van der Waals surface area contributed by atoms with E-state index in [9.17, 15) is 9.90 Å². The highest BCUT2D eigenvalue weighted by atomic mass is 32.1. The van der Waals surface area contributed by atoms with Crippen molar-refractivity contribution in [1.82, 2.24) is 4.90 Å². The number of fused-ring (bicyclic) bond motifs is 3. The number of thiophene rings is 1. The number of rotatable bonds is 3. The number of Topliss-reactive ketones (excluding diaryl/α,β-unsaturated/α-hetero) is 1. The van der Waals surface area contributed by atoms with Gasteiger partial charge in [-0.1, -0.05) is 41.5 Å². The Labute approximate surface area is 235 Å². The molecule has 206 valence electrons. The Balaban J connectivity index is 1.40. The Bertz CT molecular complexity index is 1470. The lowest BCUT2D eigenvalue weighted by Gasteiger charge is -2.28. The van der Waals surface area contributed by atoms with Crippen molar-refractivity contribution in [1.29, 1.82) is 5.41 Å². The third-order valence-electron chi connectivity index (χ3n) is 7.75. The minimum Gasteiger partial charge on any atom is -0.507 e. The first-order chi connectivity index (χ1) is 18.1. The van der Waals surface area contributed by atoms with Crippen molar-refractivity contribution in [2.45, 2.75) is 86.0 Å². The normalized spacial score (nSPS) is 15.1. The Hall–Kier alpha value is -3.32. The van der Waals surface area contributed by atoms with Gasteiger partial charge >= 0.3 is 0 Å². The molecule has 0 saturated carbocycles. The van der Waals surface area contributed by atoms with Crippen LogP contribution in [0.3, 0.4) is 0 Å². The van der Waals surface area contributed by atoms with Crippen LogP contribution in [-0.4, -0.2) is 28.2 Å². The molecule has 0 aliphatic carbocycles. The van der Waals surface area contributed by atoms with Crippen LogP contribution in [0, 0.1) is 19.3 Å². The van der Waals surface area contributed by atoms with Crippen molar-refractivity contribution in [3.05, 3.63) is 73.0 Å². The van der Waals surface area contributed by atoms with Crippen LogP contribution < -0.4 is 9.47 Å². The molecule has 0 unspecified atom stereocenters. The molecule has 2 aromatic carbocycles. The van der Waals surface area contributed by atoms with E-state index in [0.29, 0.717) is 42.7 Å². The fraction of sp³-hybridized carbons (Fsp3) is 0.438. The third kappa shape index (κ3) is 4.93. The first-order valence-corrected chi connectivity index (χ1v) is 14.2. The summed E-state index contributed by atoms with van der Waals surface area (Å²) in [5.74, 6) is 1.78. The van der Waals surface area contributed by atoms with Crippen molar-refractivity contribution in [3.8, 4) is 17.2 Å². The summed E-state index contributed by atoms with van der Waals surface area (Å²) in [6.45, 7) is 17.9. The van der Waals surface area contributed by atoms with E-state index in [0.717, 1.165) is 22.3 Å². The van der Waals surface area contributed by atoms with Crippen LogP contribution in [0.15, 0.2) is 24.3 Å². The van der Waals surface area contributed by atoms with Crippen LogP contribution >= 0.6 is 11.3 Å². The number of hydrogen-bond acceptors (Lipinski definition) is 6. The summed E-state index contributed by atoms with van der Waals surface area (Å²) in [6, 6.07) is 7.47. The molecule has 3 aromatic rings. The van der Waals surface area contributed by atoms with Crippen LogP contribution in [-0.2, 0) is 30.6 Å². The highest BCUT2D eigenvalue weighted by Crippen LogP contribution is 2.41. The number of nitrogens with one attached hydrogen (secondary N) is 1. The topological polar surface area (TPSA) is 82.9 Å². The van der Waals surface area contributed by atoms with Gasteiger partial charge in [0.25, 0.3) is 0 Å². The van der Waals surface area contributed by atoms with Crippen molar-refractivity contribution in [2.24, 2.45) is 0 Å². The maximum atomic E-state index is 13.6. The van der Waals surface area contributed by atoms with Crippen LogP contribution in [0.1, 0.15) is 95.0 Å². The van der Waals surface area contributed by atoms with E-state index in [1.807, 2.05) is 65.8 Å². The maximum absolute atomic E-state index is 13.6. The fourth-order valence-corrected chi connectivity index (χ4v) is 6.50. The van der Waals surface area contributed by atoms with Gasteiger partial charge in [-0.05, 0) is 54.5 Å². The molecular formula is C32H38N2O4S. The van der Waals surface area contributed by atoms with Gasteiger partial charge in [-0.15, -0.1) is 11.3 Å². The number of phenols is 1. The van der Waals surface area contributed by atoms with Gasteiger partial charge in [-0.3, -0.25) is 10.2 Å². The minimum atomic E-state index is -0.326. The molecule has 6 nitrogen and oxygen atoms in total. The molecule has 0 spiro atoms. The summed E-state index contributed by atoms with van der Waals surface area (Å²) in [6.07, 6.45) is 0. The van der Waals surface area contributed by atoms with Gasteiger partial charge in [0.05, 0.1) is 6.54 Å². The second-order valence-electron chi connectivity index (χ2n) is 12.8. The molecule has 5 rings (SSSR count). The minimum absolute atomic E-state index is 0.0766. The van der Waals surface area contributed by atoms with Gasteiger partial charge in [-0.25, -0.2) is 0 Å². The third-order valence-corrected chi connectivity index (χ3v) is 8.85. The van der Waals surface area contributed by atoms with E-state index >= 15 is 0 Å². The molecule has 0 atom stereocenters. The van der Waals surface area contributed by atoms with Crippen LogP contribution in [0.25, 0.3) is 0 Å². The number of nitrogens with zero attached hydrogens (tertiary/aromatic N) is 1. The van der Waals surface area contributed by atoms with Gasteiger partial charge in [0.15, 0.2) is 17.3 Å². The molecular weight excluding hydrogens is 508 g/mol. The monoisotopic (exact) mass is 546 g/mol.